The van der Waals surface area contributed by atoms with E-state index >= 15 is 13.2 Å². The van der Waals surface area contributed by atoms with E-state index < -0.39 is 33.8 Å². The van der Waals surface area contributed by atoms with Crippen molar-refractivity contribution >= 4 is 61.7 Å². The molecule has 0 aliphatic carbocycles. The van der Waals surface area contributed by atoms with Crippen molar-refractivity contribution in [3.8, 4) is 17.3 Å². The average Bonchev–Trinajstić information content (AvgIpc) is 3.78. The maximum absolute atomic E-state index is 15.6. The van der Waals surface area contributed by atoms with Gasteiger partial charge in [-0.1, -0.05) is 11.3 Å². The molecule has 0 spiro atoms. The number of aromatic nitrogens is 4. The van der Waals surface area contributed by atoms with Gasteiger partial charge in [0, 0.05) is 37.4 Å². The Hall–Kier alpha value is -3.20. The standard InChI is InChI=1S/C30H29ClF4N8OS/c1-36-28-40-24-20(18(32)10-19(33)25(24)45-28)23-21(30(31,34)35)22-17(11-37-23)26(42-12-15-4-5-16(13-42)38-15)41-27(39-22)44-14-29-6-2-8-43(29)9-3-7-29/h10-11,15-16,38H,1-9,12-14H2. The predicted octanol–water partition coefficient (Wildman–Crippen LogP) is 6.15. The highest BCUT2D eigenvalue weighted by Crippen LogP contribution is 2.47. The first-order chi connectivity index (χ1) is 21.6. The molecule has 15 heteroatoms. The summed E-state index contributed by atoms with van der Waals surface area (Å²) in [6.07, 6.45) is 7.41. The fourth-order valence-corrected chi connectivity index (χ4v) is 8.71. The van der Waals surface area contributed by atoms with Crippen LogP contribution in [0.3, 0.4) is 0 Å². The van der Waals surface area contributed by atoms with Crippen molar-refractivity contribution in [1.29, 1.82) is 0 Å². The Bertz CT molecular complexity index is 1830. The molecule has 4 fully saturated rings. The Labute approximate surface area is 264 Å². The van der Waals surface area contributed by atoms with Gasteiger partial charge in [-0.15, -0.1) is 0 Å². The Morgan fingerprint density at radius 1 is 1.09 bits per heavy atom. The Morgan fingerprint density at radius 3 is 2.51 bits per heavy atom. The van der Waals surface area contributed by atoms with Gasteiger partial charge in [-0.3, -0.25) is 9.88 Å². The zero-order chi connectivity index (χ0) is 31.1. The lowest BCUT2D eigenvalue weighted by Crippen LogP contribution is -2.51. The second-order valence-corrected chi connectivity index (χ2v) is 13.8. The van der Waals surface area contributed by atoms with Gasteiger partial charge in [0.15, 0.2) is 0 Å². The van der Waals surface area contributed by atoms with Crippen molar-refractivity contribution in [1.82, 2.24) is 30.2 Å². The van der Waals surface area contributed by atoms with Gasteiger partial charge in [0.25, 0.3) is 0 Å². The number of nitrogens with one attached hydrogen (secondary N) is 1. The second kappa shape index (κ2) is 10.7. The van der Waals surface area contributed by atoms with Gasteiger partial charge in [-0.05, 0) is 69.9 Å². The largest absolute Gasteiger partial charge is 0.461 e. The number of hydrogen-bond acceptors (Lipinski definition) is 10. The molecule has 4 saturated heterocycles. The molecule has 4 aliphatic rings. The lowest BCUT2D eigenvalue weighted by Gasteiger charge is -2.35. The van der Waals surface area contributed by atoms with Gasteiger partial charge in [0.2, 0.25) is 5.13 Å². The van der Waals surface area contributed by atoms with Gasteiger partial charge in [-0.25, -0.2) is 18.8 Å². The Kier molecular flexibility index (Phi) is 6.93. The molecule has 236 valence electrons. The van der Waals surface area contributed by atoms with E-state index in [9.17, 15) is 4.39 Å². The van der Waals surface area contributed by atoms with Crippen molar-refractivity contribution in [2.24, 2.45) is 4.99 Å². The zero-order valence-electron chi connectivity index (χ0n) is 24.1. The third-order valence-corrected chi connectivity index (χ3v) is 10.9. The number of alkyl halides is 3. The van der Waals surface area contributed by atoms with Gasteiger partial charge < -0.3 is 15.0 Å². The van der Waals surface area contributed by atoms with Crippen LogP contribution in [0.1, 0.15) is 44.1 Å². The molecule has 2 bridgehead atoms. The van der Waals surface area contributed by atoms with Gasteiger partial charge >= 0.3 is 11.4 Å². The Morgan fingerprint density at radius 2 is 1.82 bits per heavy atom. The minimum Gasteiger partial charge on any atom is -0.461 e. The van der Waals surface area contributed by atoms with Gasteiger partial charge in [-0.2, -0.15) is 18.7 Å². The van der Waals surface area contributed by atoms with Gasteiger partial charge in [0.05, 0.1) is 43.5 Å². The molecule has 3 aromatic heterocycles. The number of aliphatic imine (C=N–C) groups is 1. The van der Waals surface area contributed by atoms with Crippen molar-refractivity contribution in [3.05, 3.63) is 29.5 Å². The first-order valence-electron chi connectivity index (χ1n) is 15.1. The molecule has 4 aromatic rings. The number of hydrogen-bond donors (Lipinski definition) is 1. The van der Waals surface area contributed by atoms with Crippen LogP contribution in [0.25, 0.3) is 32.4 Å². The lowest BCUT2D eigenvalue weighted by molar-refractivity contribution is 0.0965. The van der Waals surface area contributed by atoms with E-state index in [1.807, 2.05) is 4.90 Å². The van der Waals surface area contributed by atoms with Crippen LogP contribution in [0.4, 0.5) is 28.5 Å². The number of ether oxygens (including phenoxy) is 1. The van der Waals surface area contributed by atoms with Crippen LogP contribution in [0.5, 0.6) is 6.01 Å². The summed E-state index contributed by atoms with van der Waals surface area (Å²) in [5.74, 6) is -1.63. The van der Waals surface area contributed by atoms with Crippen LogP contribution < -0.4 is 15.0 Å². The molecule has 9 nitrogen and oxygen atoms in total. The molecule has 7 heterocycles. The molecule has 0 radical (unpaired) electrons. The molecule has 45 heavy (non-hydrogen) atoms. The van der Waals surface area contributed by atoms with E-state index in [1.165, 1.54) is 6.20 Å². The lowest BCUT2D eigenvalue weighted by atomic mass is 9.95. The zero-order valence-corrected chi connectivity index (χ0v) is 25.7. The summed E-state index contributed by atoms with van der Waals surface area (Å²) < 4.78 is 67.8. The monoisotopic (exact) mass is 660 g/mol. The molecule has 4 aliphatic heterocycles. The normalized spacial score (nSPS) is 22.9. The summed E-state index contributed by atoms with van der Waals surface area (Å²) >= 11 is 6.63. The first kappa shape index (κ1) is 29.2. The van der Waals surface area contributed by atoms with Crippen LogP contribution in [-0.4, -0.2) is 82.0 Å². The molecular weight excluding hydrogens is 632 g/mol. The fourth-order valence-electron chi connectivity index (χ4n) is 7.74. The highest BCUT2D eigenvalue weighted by molar-refractivity contribution is 7.22. The van der Waals surface area contributed by atoms with E-state index in [-0.39, 0.29) is 49.9 Å². The number of anilines is 1. The fraction of sp³-hybridized carbons (Fsp3) is 0.500. The number of nitrogens with zero attached hydrogens (tertiary/aromatic N) is 7. The summed E-state index contributed by atoms with van der Waals surface area (Å²) in [6.45, 7) is 6.92. The third-order valence-electron chi connectivity index (χ3n) is 9.72. The van der Waals surface area contributed by atoms with Crippen molar-refractivity contribution in [2.75, 3.05) is 37.7 Å². The highest BCUT2D eigenvalue weighted by Gasteiger charge is 2.45. The number of piperazine rings is 1. The van der Waals surface area contributed by atoms with Crippen molar-refractivity contribution in [2.45, 2.75) is 61.5 Å². The maximum atomic E-state index is 15.6. The predicted molar refractivity (Wildman–Crippen MR) is 165 cm³/mol. The molecule has 8 rings (SSSR count). The molecule has 1 aromatic carbocycles. The first-order valence-corrected chi connectivity index (χ1v) is 16.3. The van der Waals surface area contributed by atoms with Crippen LogP contribution in [-0.2, 0) is 5.38 Å². The molecule has 1 N–H and O–H groups in total. The smallest absolute Gasteiger partial charge is 0.352 e. The highest BCUT2D eigenvalue weighted by atomic mass is 35.5. The molecular formula is C30H29ClF4N8OS. The number of rotatable bonds is 7. The quantitative estimate of drug-likeness (QED) is 0.144. The summed E-state index contributed by atoms with van der Waals surface area (Å²) in [6, 6.07) is 1.01. The summed E-state index contributed by atoms with van der Waals surface area (Å²) in [5, 5.41) is -0.198. The van der Waals surface area contributed by atoms with Crippen LogP contribution in [0, 0.1) is 11.6 Å². The van der Waals surface area contributed by atoms with Gasteiger partial charge in [0.1, 0.15) is 24.1 Å². The second-order valence-electron chi connectivity index (χ2n) is 12.4. The number of fused-ring (bicyclic) bond motifs is 5. The minimum absolute atomic E-state index is 0.0524. The minimum atomic E-state index is -4.05. The number of pyridine rings is 1. The molecule has 2 atom stereocenters. The average molecular weight is 661 g/mol. The topological polar surface area (TPSA) is 91.7 Å². The van der Waals surface area contributed by atoms with E-state index in [1.54, 1.807) is 0 Å². The van der Waals surface area contributed by atoms with Crippen molar-refractivity contribution in [3.63, 3.8) is 0 Å². The summed E-state index contributed by atoms with van der Waals surface area (Å²) in [4.78, 5) is 26.0. The Balaban J connectivity index is 1.33. The van der Waals surface area contributed by atoms with E-state index in [2.05, 4.69) is 36.9 Å². The number of benzene rings is 1. The summed E-state index contributed by atoms with van der Waals surface area (Å²) in [7, 11) is 0. The van der Waals surface area contributed by atoms with E-state index in [4.69, 9.17) is 21.3 Å². The number of halogens is 5. The number of thiazole rings is 1. The van der Waals surface area contributed by atoms with E-state index in [0.29, 0.717) is 31.6 Å². The molecule has 0 amide bonds. The third kappa shape index (κ3) is 4.83. The van der Waals surface area contributed by atoms with Crippen LogP contribution in [0.15, 0.2) is 17.3 Å². The van der Waals surface area contributed by atoms with Crippen LogP contribution >= 0.6 is 22.9 Å². The summed E-state index contributed by atoms with van der Waals surface area (Å²) in [5.41, 5.74) is -2.32. The molecule has 2 unspecified atom stereocenters. The van der Waals surface area contributed by atoms with Crippen molar-refractivity contribution < 1.29 is 22.3 Å². The van der Waals surface area contributed by atoms with Crippen LogP contribution in [0.2, 0.25) is 0 Å². The SMILES string of the molecule is C=Nc1nc2c(-c3ncc4c(N5CC6CCC(C5)N6)nc(OCC56CCCN5CCC6)nc4c3C(F)(F)Cl)c(F)cc(F)c2s1. The van der Waals surface area contributed by atoms with E-state index in [0.717, 1.165) is 63.0 Å². The maximum Gasteiger partial charge on any atom is 0.352 e. The molecule has 0 saturated carbocycles.